The molecule has 1 aromatic carbocycles. The molecule has 1 N–H and O–H groups in total. The van der Waals surface area contributed by atoms with E-state index in [-0.39, 0.29) is 5.69 Å². The van der Waals surface area contributed by atoms with Crippen LogP contribution in [0.5, 0.6) is 0 Å². The monoisotopic (exact) mass is 235 g/mol. The summed E-state index contributed by atoms with van der Waals surface area (Å²) in [7, 11) is 0. The van der Waals surface area contributed by atoms with Crippen LogP contribution in [0.4, 0.5) is 14.5 Å². The molecule has 0 aliphatic heterocycles. The maximum absolute atomic E-state index is 12.5. The van der Waals surface area contributed by atoms with Gasteiger partial charge in [-0.1, -0.05) is 0 Å². The highest BCUT2D eigenvalue weighted by Crippen LogP contribution is 2.24. The van der Waals surface area contributed by atoms with Gasteiger partial charge in [0.15, 0.2) is 11.6 Å². The van der Waals surface area contributed by atoms with E-state index in [0.29, 0.717) is 10.9 Å². The molecular weight excluding hydrogens is 232 g/mol. The summed E-state index contributed by atoms with van der Waals surface area (Å²) in [6.07, 6.45) is 0.386. The molecule has 5 heteroatoms. The lowest BCUT2D eigenvalue weighted by Gasteiger charge is -2.02. The predicted molar refractivity (Wildman–Crippen MR) is 43.7 cm³/mol. The Hall–Kier alpha value is -0.970. The first-order valence-corrected chi connectivity index (χ1v) is 3.79. The van der Waals surface area contributed by atoms with E-state index in [1.807, 2.05) is 0 Å². The van der Waals surface area contributed by atoms with E-state index in [4.69, 9.17) is 0 Å². The Balaban J connectivity index is 3.13. The van der Waals surface area contributed by atoms with Crippen LogP contribution in [0.15, 0.2) is 16.6 Å². The fourth-order valence-electron chi connectivity index (χ4n) is 0.697. The quantitative estimate of drug-likeness (QED) is 0.619. The second-order valence-electron chi connectivity index (χ2n) is 2.01. The van der Waals surface area contributed by atoms with Crippen molar-refractivity contribution in [3.05, 3.63) is 28.2 Å². The van der Waals surface area contributed by atoms with Crippen LogP contribution in [0.3, 0.4) is 0 Å². The van der Waals surface area contributed by atoms with Gasteiger partial charge in [0, 0.05) is 10.5 Å². The zero-order valence-electron chi connectivity index (χ0n) is 5.77. The van der Waals surface area contributed by atoms with Crippen molar-refractivity contribution in [1.82, 2.24) is 0 Å². The molecule has 0 aromatic heterocycles. The van der Waals surface area contributed by atoms with E-state index in [1.54, 1.807) is 0 Å². The predicted octanol–water partition coefficient (Wildman–Crippen LogP) is 2.30. The van der Waals surface area contributed by atoms with Crippen molar-refractivity contribution in [2.75, 3.05) is 5.32 Å². The largest absolute Gasteiger partial charge is 0.328 e. The lowest BCUT2D eigenvalue weighted by atomic mass is 10.3. The molecule has 12 heavy (non-hydrogen) atoms. The minimum Gasteiger partial charge on any atom is -0.328 e. The molecule has 0 heterocycles. The molecule has 64 valence electrons. The van der Waals surface area contributed by atoms with Gasteiger partial charge in [0.05, 0.1) is 5.69 Å². The molecule has 0 saturated heterocycles. The van der Waals surface area contributed by atoms with Crippen LogP contribution in [0.25, 0.3) is 0 Å². The van der Waals surface area contributed by atoms with E-state index in [1.165, 1.54) is 0 Å². The van der Waals surface area contributed by atoms with Crippen LogP contribution < -0.4 is 5.32 Å². The lowest BCUT2D eigenvalue weighted by Crippen LogP contribution is -1.96. The number of carbonyl (C=O) groups is 1. The van der Waals surface area contributed by atoms with E-state index in [9.17, 15) is 13.6 Å². The summed E-state index contributed by atoms with van der Waals surface area (Å²) in [6, 6.07) is 1.84. The third-order valence-corrected chi connectivity index (χ3v) is 1.88. The topological polar surface area (TPSA) is 29.1 Å². The summed E-state index contributed by atoms with van der Waals surface area (Å²) in [5, 5.41) is 2.21. The number of rotatable bonds is 2. The van der Waals surface area contributed by atoms with Gasteiger partial charge in [0.2, 0.25) is 6.41 Å². The number of carbonyl (C=O) groups excluding carboxylic acids is 1. The van der Waals surface area contributed by atoms with Crippen molar-refractivity contribution in [3.63, 3.8) is 0 Å². The fourth-order valence-corrected chi connectivity index (χ4v) is 1.13. The van der Waals surface area contributed by atoms with Gasteiger partial charge < -0.3 is 5.32 Å². The first-order valence-electron chi connectivity index (χ1n) is 3.00. The van der Waals surface area contributed by atoms with Gasteiger partial charge in [0.25, 0.3) is 0 Å². The third-order valence-electron chi connectivity index (χ3n) is 1.22. The average molecular weight is 236 g/mol. The molecule has 2 nitrogen and oxygen atoms in total. The number of anilines is 1. The van der Waals surface area contributed by atoms with Crippen LogP contribution >= 0.6 is 15.9 Å². The Kier molecular flexibility index (Phi) is 2.75. The molecule has 0 spiro atoms. The second-order valence-corrected chi connectivity index (χ2v) is 2.86. The summed E-state index contributed by atoms with van der Waals surface area (Å²) < 4.78 is 25.3. The van der Waals surface area contributed by atoms with Gasteiger partial charge in [-0.2, -0.15) is 0 Å². The fraction of sp³-hybridized carbons (Fsp3) is 0. The highest BCUT2D eigenvalue weighted by atomic mass is 79.9. The molecule has 0 aliphatic rings. The number of amides is 1. The zero-order chi connectivity index (χ0) is 9.14. The van der Waals surface area contributed by atoms with Gasteiger partial charge >= 0.3 is 0 Å². The third kappa shape index (κ3) is 1.79. The van der Waals surface area contributed by atoms with Crippen molar-refractivity contribution in [2.24, 2.45) is 0 Å². The van der Waals surface area contributed by atoms with E-state index >= 15 is 0 Å². The van der Waals surface area contributed by atoms with Crippen LogP contribution in [-0.4, -0.2) is 6.41 Å². The maximum Gasteiger partial charge on any atom is 0.211 e. The first-order chi connectivity index (χ1) is 5.65. The van der Waals surface area contributed by atoms with Crippen molar-refractivity contribution >= 4 is 28.0 Å². The zero-order valence-corrected chi connectivity index (χ0v) is 7.36. The molecule has 0 bridgehead atoms. The summed E-state index contributed by atoms with van der Waals surface area (Å²) in [5.41, 5.74) is 0.198. The molecular formula is C7H4BrF2NO. The molecule has 0 atom stereocenters. The number of benzene rings is 1. The summed E-state index contributed by atoms with van der Waals surface area (Å²) in [4.78, 5) is 9.97. The molecule has 1 amide bonds. The van der Waals surface area contributed by atoms with Gasteiger partial charge in [-0.15, -0.1) is 0 Å². The van der Waals surface area contributed by atoms with Crippen LogP contribution in [-0.2, 0) is 4.79 Å². The van der Waals surface area contributed by atoms with Gasteiger partial charge in [-0.3, -0.25) is 4.79 Å². The summed E-state index contributed by atoms with van der Waals surface area (Å²) in [6.45, 7) is 0. The van der Waals surface area contributed by atoms with Crippen LogP contribution in [0.1, 0.15) is 0 Å². The molecule has 0 radical (unpaired) electrons. The van der Waals surface area contributed by atoms with E-state index < -0.39 is 11.6 Å². The molecule has 1 aromatic rings. The van der Waals surface area contributed by atoms with Crippen molar-refractivity contribution < 1.29 is 13.6 Å². The van der Waals surface area contributed by atoms with Crippen LogP contribution in [0, 0.1) is 11.6 Å². The molecule has 0 unspecified atom stereocenters. The van der Waals surface area contributed by atoms with Gasteiger partial charge in [-0.05, 0) is 22.0 Å². The Labute approximate surface area is 75.7 Å². The van der Waals surface area contributed by atoms with Crippen molar-refractivity contribution in [3.8, 4) is 0 Å². The molecule has 1 rings (SSSR count). The highest BCUT2D eigenvalue weighted by Gasteiger charge is 2.06. The standard InChI is InChI=1S/C7H4BrF2NO/c8-4-1-5(9)6(10)2-7(4)11-3-12/h1-3H,(H,11,12). The Bertz CT molecular complexity index is 317. The second kappa shape index (κ2) is 3.62. The van der Waals surface area contributed by atoms with Gasteiger partial charge in [0.1, 0.15) is 0 Å². The maximum atomic E-state index is 12.5. The van der Waals surface area contributed by atoms with E-state index in [2.05, 4.69) is 21.2 Å². The van der Waals surface area contributed by atoms with Crippen LogP contribution in [0.2, 0.25) is 0 Å². The normalized spacial score (nSPS) is 9.58. The Morgan fingerprint density at radius 3 is 2.50 bits per heavy atom. The molecule has 0 fully saturated rings. The number of halogens is 3. The Morgan fingerprint density at radius 1 is 1.33 bits per heavy atom. The van der Waals surface area contributed by atoms with Crippen molar-refractivity contribution in [2.45, 2.75) is 0 Å². The summed E-state index contributed by atoms with van der Waals surface area (Å²) >= 11 is 2.95. The average Bonchev–Trinajstić information content (AvgIpc) is 2.01. The van der Waals surface area contributed by atoms with Crippen molar-refractivity contribution in [1.29, 1.82) is 0 Å². The summed E-state index contributed by atoms with van der Waals surface area (Å²) in [5.74, 6) is -1.96. The lowest BCUT2D eigenvalue weighted by molar-refractivity contribution is -0.105. The number of nitrogens with one attached hydrogen (secondary N) is 1. The SMILES string of the molecule is O=CNc1cc(F)c(F)cc1Br. The molecule has 0 saturated carbocycles. The highest BCUT2D eigenvalue weighted by molar-refractivity contribution is 9.10. The first kappa shape index (κ1) is 9.12. The Morgan fingerprint density at radius 2 is 1.92 bits per heavy atom. The minimum absolute atomic E-state index is 0.198. The number of hydrogen-bond acceptors (Lipinski definition) is 1. The smallest absolute Gasteiger partial charge is 0.211 e. The van der Waals surface area contributed by atoms with E-state index in [0.717, 1.165) is 12.1 Å². The number of hydrogen-bond donors (Lipinski definition) is 1. The van der Waals surface area contributed by atoms with Gasteiger partial charge in [-0.25, -0.2) is 8.78 Å². The molecule has 0 aliphatic carbocycles. The minimum atomic E-state index is -0.998.